The molecule has 17 rings (SSSR count). The molecule has 19 nitrogen and oxygen atoms in total. The van der Waals surface area contributed by atoms with E-state index >= 15 is 0 Å². The van der Waals surface area contributed by atoms with Crippen LogP contribution in [0.25, 0.3) is 0 Å². The molecule has 8 aliphatic heterocycles. The van der Waals surface area contributed by atoms with E-state index in [1.54, 1.807) is 0 Å². The number of piperazine rings is 8. The molecule has 136 heavy (non-hydrogen) atoms. The Balaban J connectivity index is 0.000000161. The molecular formula is C117H184N16O3. The molecule has 750 valence electrons. The molecule has 0 bridgehead atoms. The number of likely N-dealkylation sites (N-methyl/N-ethyl adjacent to an activating group) is 3. The minimum Gasteiger partial charge on any atom is -0.394 e. The molecular weight excluding hydrogens is 1680 g/mol. The van der Waals surface area contributed by atoms with Gasteiger partial charge >= 0.3 is 0 Å². The number of hydrogen-bond donors (Lipinski definition) is 6. The van der Waals surface area contributed by atoms with Gasteiger partial charge < -0.3 is 85.2 Å². The van der Waals surface area contributed by atoms with Gasteiger partial charge in [0.05, 0.1) is 25.9 Å². The topological polar surface area (TPSA) is 139 Å². The zero-order valence-electron chi connectivity index (χ0n) is 88.5. The van der Waals surface area contributed by atoms with Crippen molar-refractivity contribution in [1.29, 1.82) is 0 Å². The number of aliphatic hydroxyl groups is 3. The molecule has 8 heterocycles. The van der Waals surface area contributed by atoms with E-state index < -0.39 is 0 Å². The van der Waals surface area contributed by atoms with Crippen LogP contribution in [0.15, 0.2) is 182 Å². The van der Waals surface area contributed by atoms with Gasteiger partial charge in [0.2, 0.25) is 0 Å². The largest absolute Gasteiger partial charge is 0.394 e. The second-order valence-corrected chi connectivity index (χ2v) is 42.0. The zero-order valence-corrected chi connectivity index (χ0v) is 88.5. The molecule has 1 saturated carbocycles. The van der Waals surface area contributed by atoms with E-state index in [2.05, 4.69) is 407 Å². The predicted molar refractivity (Wildman–Crippen MR) is 587 cm³/mol. The van der Waals surface area contributed by atoms with Crippen LogP contribution in [0.1, 0.15) is 247 Å². The number of hydrogen-bond acceptors (Lipinski definition) is 19. The fraction of sp³-hybridized carbons (Fsp3) is 0.590. The van der Waals surface area contributed by atoms with Crippen LogP contribution in [0.4, 0.5) is 45.5 Å². The molecule has 9 fully saturated rings. The van der Waals surface area contributed by atoms with Crippen molar-refractivity contribution >= 4 is 45.5 Å². The first-order valence-corrected chi connectivity index (χ1v) is 52.9. The number of rotatable bonds is 22. The minimum atomic E-state index is 0.125. The van der Waals surface area contributed by atoms with Crippen LogP contribution in [0.2, 0.25) is 0 Å². The minimum absolute atomic E-state index is 0.125. The Morgan fingerprint density at radius 3 is 0.838 bits per heavy atom. The summed E-state index contributed by atoms with van der Waals surface area (Å²) in [6, 6.07) is 68.9. The number of nitrogens with one attached hydrogen (secondary N) is 3. The smallest absolute Gasteiger partial charge is 0.0702 e. The standard InChI is InChI=1S/C16H24N2.C16H26N2.C15H24N2O.C15H24N2.2C14H22N2O.C14H22N2.C13H20N2/c1-13(2)14-3-5-15(6-4-14)17-9-11-18(12-10-17)16-7-8-16;1-13(2)15-5-7-16(8-6-15)18-11-9-17(10-12-18)14(3)4;1-12(2)13-4-5-15(14(10-13)11-18)17-8-6-16(3)7-9-17;1-4-16-9-11-17(12-10-16)15-7-5-14(6-8-15)13(2)3;1-11(2)12-3-5-13(6-4-12)16-8-7-15-9-14(16)10-17;1-11(2)12-3-4-14(13(9-12)10-17)16-7-5-15-6-8-16;1-12(2)13-4-6-14(7-5-13)16-10-8-15(3)9-11-16;1-11(2)12-3-5-13(6-4-12)15-9-7-14-8-10-15/h3-6,13,16H,7-12H2,1-2H3;5-8,13-14H,9-12H2,1-4H3;4-5,10,12,18H,6-9,11H2,1-3H3;5-8,13H,4,9-12H2,1-3H3;3-6,11,14-15,17H,7-10H2,1-2H3;3-4,9,11,15,17H,5-8,10H2,1-2H3;4-7,12H,8-11H2,1-3H3;3-6,11,14H,7-10H2,1-2H3. The molecule has 0 spiro atoms. The van der Waals surface area contributed by atoms with Crippen molar-refractivity contribution in [2.45, 2.75) is 223 Å². The molecule has 0 aromatic heterocycles. The fourth-order valence-electron chi connectivity index (χ4n) is 19.0. The Morgan fingerprint density at radius 1 is 0.279 bits per heavy atom. The predicted octanol–water partition coefficient (Wildman–Crippen LogP) is 19.5. The average molecular weight is 1860 g/mol. The Bertz CT molecular complexity index is 4490. The van der Waals surface area contributed by atoms with Gasteiger partial charge in [-0.3, -0.25) is 9.80 Å². The molecule has 9 aliphatic rings. The van der Waals surface area contributed by atoms with Crippen molar-refractivity contribution in [2.24, 2.45) is 0 Å². The van der Waals surface area contributed by atoms with Crippen molar-refractivity contribution in [3.05, 3.63) is 238 Å². The lowest BCUT2D eigenvalue weighted by Gasteiger charge is -2.38. The first kappa shape index (κ1) is 110. The number of aliphatic hydroxyl groups excluding tert-OH is 3. The Morgan fingerprint density at radius 2 is 0.544 bits per heavy atom. The third-order valence-electron chi connectivity index (χ3n) is 29.1. The summed E-state index contributed by atoms with van der Waals surface area (Å²) in [4.78, 5) is 31.9. The Labute approximate surface area is 826 Å². The average Bonchev–Trinajstić information content (AvgIpc) is 1.23. The molecule has 8 aromatic rings. The summed E-state index contributed by atoms with van der Waals surface area (Å²) < 4.78 is 0. The lowest BCUT2D eigenvalue weighted by atomic mass is 9.99. The lowest BCUT2D eigenvalue weighted by Crippen LogP contribution is -2.53. The van der Waals surface area contributed by atoms with E-state index in [0.717, 1.165) is 155 Å². The second-order valence-electron chi connectivity index (χ2n) is 42.0. The van der Waals surface area contributed by atoms with Gasteiger partial charge in [-0.2, -0.15) is 0 Å². The maximum absolute atomic E-state index is 9.57. The molecule has 0 radical (unpaired) electrons. The first-order chi connectivity index (χ1) is 65.5. The third kappa shape index (κ3) is 34.6. The van der Waals surface area contributed by atoms with Crippen LogP contribution in [0.5, 0.6) is 0 Å². The van der Waals surface area contributed by atoms with E-state index in [4.69, 9.17) is 0 Å². The van der Waals surface area contributed by atoms with E-state index in [1.807, 2.05) is 0 Å². The third-order valence-corrected chi connectivity index (χ3v) is 29.1. The van der Waals surface area contributed by atoms with Gasteiger partial charge in [-0.05, 0) is 224 Å². The van der Waals surface area contributed by atoms with Gasteiger partial charge in [0, 0.05) is 272 Å². The van der Waals surface area contributed by atoms with Crippen LogP contribution < -0.4 is 55.1 Å². The fourth-order valence-corrected chi connectivity index (χ4v) is 19.0. The maximum Gasteiger partial charge on any atom is 0.0702 e. The number of benzene rings is 8. The van der Waals surface area contributed by atoms with Gasteiger partial charge in [0.25, 0.3) is 0 Å². The SMILES string of the molecule is CC(C)c1ccc(N2CCN(C(C)C)CC2)cc1.CC(C)c1ccc(N2CCN(C)CC2)c(CO)c1.CC(C)c1ccc(N2CCN(C)CC2)cc1.CC(C)c1ccc(N2CCN(C3CC3)CC2)cc1.CC(C)c1ccc(N2CCNCC2)c(CO)c1.CC(C)c1ccc(N2CCNCC2)cc1.CC(C)c1ccc(N2CCNCC2CO)cc1.CCN1CCN(c2ccc(C(C)C)cc2)CC1. The Kier molecular flexibility index (Phi) is 45.9. The summed E-state index contributed by atoms with van der Waals surface area (Å²) in [5.74, 6) is 4.72. The summed E-state index contributed by atoms with van der Waals surface area (Å²) in [6.45, 7) is 78.6. The van der Waals surface area contributed by atoms with Crippen molar-refractivity contribution in [3.8, 4) is 0 Å². The highest BCUT2D eigenvalue weighted by atomic mass is 16.3. The van der Waals surface area contributed by atoms with Crippen LogP contribution in [0, 0.1) is 0 Å². The summed E-state index contributed by atoms with van der Waals surface area (Å²) in [7, 11) is 4.35. The summed E-state index contributed by atoms with van der Waals surface area (Å²) >= 11 is 0. The van der Waals surface area contributed by atoms with Gasteiger partial charge in [0.1, 0.15) is 0 Å². The van der Waals surface area contributed by atoms with Crippen LogP contribution >= 0.6 is 0 Å². The highest BCUT2D eigenvalue weighted by Crippen LogP contribution is 2.34. The molecule has 6 N–H and O–H groups in total. The number of anilines is 8. The van der Waals surface area contributed by atoms with E-state index in [9.17, 15) is 15.3 Å². The van der Waals surface area contributed by atoms with E-state index in [-0.39, 0.29) is 25.9 Å². The quantitative estimate of drug-likeness (QED) is 0.0383. The molecule has 1 aliphatic carbocycles. The molecule has 8 aromatic carbocycles. The van der Waals surface area contributed by atoms with Gasteiger partial charge in [-0.1, -0.05) is 215 Å². The zero-order chi connectivity index (χ0) is 97.7. The van der Waals surface area contributed by atoms with Gasteiger partial charge in [0.15, 0.2) is 0 Å². The van der Waals surface area contributed by atoms with Crippen molar-refractivity contribution in [2.75, 3.05) is 269 Å². The van der Waals surface area contributed by atoms with Crippen LogP contribution in [0.3, 0.4) is 0 Å². The highest BCUT2D eigenvalue weighted by Gasteiger charge is 2.32. The van der Waals surface area contributed by atoms with E-state index in [0.29, 0.717) is 53.4 Å². The van der Waals surface area contributed by atoms with Gasteiger partial charge in [-0.15, -0.1) is 0 Å². The normalized spacial score (nSPS) is 18.5. The van der Waals surface area contributed by atoms with Crippen molar-refractivity contribution < 1.29 is 15.3 Å². The monoisotopic (exact) mass is 1860 g/mol. The second kappa shape index (κ2) is 56.8. The summed E-state index contributed by atoms with van der Waals surface area (Å²) in [5.41, 5.74) is 23.7. The van der Waals surface area contributed by atoms with Crippen LogP contribution in [-0.4, -0.2) is 288 Å². The first-order valence-electron chi connectivity index (χ1n) is 52.9. The maximum atomic E-state index is 9.57. The molecule has 8 saturated heterocycles. The molecule has 0 amide bonds. The lowest BCUT2D eigenvalue weighted by molar-refractivity contribution is 0.209. The molecule has 1 unspecified atom stereocenters. The number of nitrogens with zero attached hydrogens (tertiary/aromatic N) is 13. The highest BCUT2D eigenvalue weighted by molar-refractivity contribution is 5.59. The Hall–Kier alpha value is -8.28. The van der Waals surface area contributed by atoms with Crippen molar-refractivity contribution in [1.82, 2.24) is 40.4 Å². The molecule has 19 heteroatoms. The van der Waals surface area contributed by atoms with E-state index in [1.165, 1.54) is 175 Å². The summed E-state index contributed by atoms with van der Waals surface area (Å²) in [5, 5.41) is 38.5. The van der Waals surface area contributed by atoms with Crippen LogP contribution in [-0.2, 0) is 13.2 Å². The summed E-state index contributed by atoms with van der Waals surface area (Å²) in [6.07, 6.45) is 2.87. The van der Waals surface area contributed by atoms with Gasteiger partial charge in [-0.25, -0.2) is 0 Å². The molecule has 1 atom stereocenters. The van der Waals surface area contributed by atoms with Crippen molar-refractivity contribution in [3.63, 3.8) is 0 Å².